The topological polar surface area (TPSA) is 25.8 Å². The number of thiophene rings is 1. The Balaban J connectivity index is 1.01. The van der Waals surface area contributed by atoms with Crippen LogP contribution in [0, 0.1) is 0 Å². The van der Waals surface area contributed by atoms with E-state index in [4.69, 9.17) is 9.97 Å². The first-order chi connectivity index (χ1) is 25.2. The molecule has 51 heavy (non-hydrogen) atoms. The molecule has 0 fully saturated rings. The lowest BCUT2D eigenvalue weighted by Gasteiger charge is -2.10. The fourth-order valence-corrected chi connectivity index (χ4v) is 8.49. The highest BCUT2D eigenvalue weighted by molar-refractivity contribution is 7.26. The molecule has 0 saturated heterocycles. The zero-order chi connectivity index (χ0) is 33.7. The Morgan fingerprint density at radius 3 is 1.57 bits per heavy atom. The fourth-order valence-electron chi connectivity index (χ4n) is 7.25. The molecule has 3 aromatic heterocycles. The highest BCUT2D eigenvalue weighted by atomic mass is 32.1. The standard InChI is InChI=1S/C48H30N2S/c1-2-9-31(10-3-1)36-11-6-12-37(29-36)38-13-7-14-39(30-38)44-28-26-35-24-23-34-25-27-43(49-46(34)47(35)50-44)33-21-19-32(20-22-33)40-16-8-17-42-41-15-4-5-18-45(41)51-48(40)42/h1-30H. The monoisotopic (exact) mass is 666 g/mol. The Morgan fingerprint density at radius 1 is 0.333 bits per heavy atom. The van der Waals surface area contributed by atoms with Crippen LogP contribution in [0.25, 0.3) is 97.9 Å². The van der Waals surface area contributed by atoms with E-state index in [0.717, 1.165) is 49.9 Å². The average Bonchev–Trinajstić information content (AvgIpc) is 3.60. The molecule has 10 rings (SSSR count). The third-order valence-electron chi connectivity index (χ3n) is 9.88. The zero-order valence-corrected chi connectivity index (χ0v) is 28.4. The van der Waals surface area contributed by atoms with Crippen molar-refractivity contribution in [3.8, 4) is 55.9 Å². The van der Waals surface area contributed by atoms with Crippen LogP contribution in [0.15, 0.2) is 182 Å². The Morgan fingerprint density at radius 2 is 0.843 bits per heavy atom. The van der Waals surface area contributed by atoms with Crippen molar-refractivity contribution >= 4 is 53.3 Å². The lowest BCUT2D eigenvalue weighted by Crippen LogP contribution is -1.91. The average molecular weight is 667 g/mol. The lowest BCUT2D eigenvalue weighted by atomic mass is 9.97. The highest BCUT2D eigenvalue weighted by Crippen LogP contribution is 2.40. The van der Waals surface area contributed by atoms with Crippen LogP contribution >= 0.6 is 11.3 Å². The van der Waals surface area contributed by atoms with Crippen LogP contribution in [0.2, 0.25) is 0 Å². The summed E-state index contributed by atoms with van der Waals surface area (Å²) in [4.78, 5) is 10.5. The van der Waals surface area contributed by atoms with Gasteiger partial charge in [0.15, 0.2) is 0 Å². The van der Waals surface area contributed by atoms with Crippen LogP contribution in [0.5, 0.6) is 0 Å². The van der Waals surface area contributed by atoms with Crippen LogP contribution in [0.3, 0.4) is 0 Å². The summed E-state index contributed by atoms with van der Waals surface area (Å²) in [5.41, 5.74) is 13.1. The first kappa shape index (κ1) is 29.5. The molecule has 0 aliphatic carbocycles. The van der Waals surface area contributed by atoms with E-state index in [0.29, 0.717) is 0 Å². The molecule has 0 saturated carbocycles. The first-order valence-electron chi connectivity index (χ1n) is 17.2. The molecule has 0 radical (unpaired) electrons. The third kappa shape index (κ3) is 5.27. The van der Waals surface area contributed by atoms with Gasteiger partial charge in [0, 0.05) is 42.1 Å². The molecule has 238 valence electrons. The summed E-state index contributed by atoms with van der Waals surface area (Å²) in [7, 11) is 0. The van der Waals surface area contributed by atoms with E-state index in [9.17, 15) is 0 Å². The van der Waals surface area contributed by atoms with Gasteiger partial charge in [-0.15, -0.1) is 11.3 Å². The van der Waals surface area contributed by atoms with Crippen LogP contribution in [0.4, 0.5) is 0 Å². The van der Waals surface area contributed by atoms with E-state index in [1.165, 1.54) is 48.0 Å². The Bertz CT molecular complexity index is 2910. The van der Waals surface area contributed by atoms with Gasteiger partial charge in [-0.2, -0.15) is 0 Å². The SMILES string of the molecule is c1ccc(-c2cccc(-c3cccc(-c4ccc5ccc6ccc(-c7ccc(-c8cccc9c8sc8ccccc89)cc7)nc6c5n4)c3)c2)cc1. The summed E-state index contributed by atoms with van der Waals surface area (Å²) in [6.07, 6.45) is 0. The summed E-state index contributed by atoms with van der Waals surface area (Å²) < 4.78 is 2.65. The van der Waals surface area contributed by atoms with E-state index < -0.39 is 0 Å². The van der Waals surface area contributed by atoms with Crippen molar-refractivity contribution in [3.63, 3.8) is 0 Å². The van der Waals surface area contributed by atoms with Gasteiger partial charge in [0.1, 0.15) is 0 Å². The van der Waals surface area contributed by atoms with Crippen molar-refractivity contribution in [1.82, 2.24) is 9.97 Å². The Kier molecular flexibility index (Phi) is 7.04. The number of aromatic nitrogens is 2. The maximum absolute atomic E-state index is 5.25. The summed E-state index contributed by atoms with van der Waals surface area (Å²) in [6.45, 7) is 0. The Hall–Kier alpha value is -6.42. The van der Waals surface area contributed by atoms with Crippen LogP contribution < -0.4 is 0 Å². The molecule has 0 unspecified atom stereocenters. The smallest absolute Gasteiger partial charge is 0.0972 e. The quantitative estimate of drug-likeness (QED) is 0.171. The second kappa shape index (κ2) is 12.2. The molecule has 7 aromatic carbocycles. The first-order valence-corrected chi connectivity index (χ1v) is 18.0. The van der Waals surface area contributed by atoms with E-state index in [-0.39, 0.29) is 0 Å². The zero-order valence-electron chi connectivity index (χ0n) is 27.6. The van der Waals surface area contributed by atoms with E-state index >= 15 is 0 Å². The van der Waals surface area contributed by atoms with Crippen molar-refractivity contribution in [2.75, 3.05) is 0 Å². The molecule has 0 aliphatic heterocycles. The van der Waals surface area contributed by atoms with Gasteiger partial charge in [-0.05, 0) is 63.7 Å². The third-order valence-corrected chi connectivity index (χ3v) is 11.1. The maximum atomic E-state index is 5.25. The molecule has 0 N–H and O–H groups in total. The number of rotatable bonds is 5. The van der Waals surface area contributed by atoms with Gasteiger partial charge in [0.2, 0.25) is 0 Å². The van der Waals surface area contributed by atoms with Gasteiger partial charge in [-0.3, -0.25) is 0 Å². The second-order valence-electron chi connectivity index (χ2n) is 13.0. The number of hydrogen-bond acceptors (Lipinski definition) is 3. The minimum Gasteiger partial charge on any atom is -0.245 e. The van der Waals surface area contributed by atoms with Crippen molar-refractivity contribution in [1.29, 1.82) is 0 Å². The molecular formula is C48H30N2S. The highest BCUT2D eigenvalue weighted by Gasteiger charge is 2.13. The molecule has 2 nitrogen and oxygen atoms in total. The van der Waals surface area contributed by atoms with Crippen LogP contribution in [0.1, 0.15) is 0 Å². The van der Waals surface area contributed by atoms with Gasteiger partial charge < -0.3 is 0 Å². The number of fused-ring (bicyclic) bond motifs is 6. The van der Waals surface area contributed by atoms with Gasteiger partial charge in [-0.25, -0.2) is 9.97 Å². The predicted molar refractivity (Wildman–Crippen MR) is 217 cm³/mol. The lowest BCUT2D eigenvalue weighted by molar-refractivity contribution is 1.36. The second-order valence-corrected chi connectivity index (χ2v) is 14.0. The van der Waals surface area contributed by atoms with E-state index in [2.05, 4.69) is 182 Å². The van der Waals surface area contributed by atoms with Gasteiger partial charge in [-0.1, -0.05) is 152 Å². The number of benzene rings is 7. The van der Waals surface area contributed by atoms with Crippen LogP contribution in [-0.2, 0) is 0 Å². The minimum atomic E-state index is 0.913. The van der Waals surface area contributed by atoms with Gasteiger partial charge >= 0.3 is 0 Å². The normalized spacial score (nSPS) is 11.5. The summed E-state index contributed by atoms with van der Waals surface area (Å²) in [6, 6.07) is 64.9. The van der Waals surface area contributed by atoms with Crippen LogP contribution in [-0.4, -0.2) is 9.97 Å². The summed E-state index contributed by atoms with van der Waals surface area (Å²) >= 11 is 1.87. The number of hydrogen-bond donors (Lipinski definition) is 0. The Labute approximate surface area is 300 Å². The van der Waals surface area contributed by atoms with E-state index in [1.54, 1.807) is 0 Å². The van der Waals surface area contributed by atoms with Gasteiger partial charge in [0.25, 0.3) is 0 Å². The largest absolute Gasteiger partial charge is 0.245 e. The molecule has 0 bridgehead atoms. The molecule has 10 aromatic rings. The molecular weight excluding hydrogens is 637 g/mol. The number of nitrogens with zero attached hydrogens (tertiary/aromatic N) is 2. The van der Waals surface area contributed by atoms with Crippen molar-refractivity contribution in [2.24, 2.45) is 0 Å². The van der Waals surface area contributed by atoms with Crippen molar-refractivity contribution in [3.05, 3.63) is 182 Å². The fraction of sp³-hybridized carbons (Fsp3) is 0. The molecule has 3 heteroatoms. The summed E-state index contributed by atoms with van der Waals surface area (Å²) in [5.74, 6) is 0. The molecule has 0 amide bonds. The number of pyridine rings is 2. The molecule has 0 atom stereocenters. The van der Waals surface area contributed by atoms with E-state index in [1.807, 2.05) is 11.3 Å². The summed E-state index contributed by atoms with van der Waals surface area (Å²) in [5, 5.41) is 4.79. The molecule has 3 heterocycles. The maximum Gasteiger partial charge on any atom is 0.0972 e. The van der Waals surface area contributed by atoms with Gasteiger partial charge in [0.05, 0.1) is 22.4 Å². The van der Waals surface area contributed by atoms with Crippen molar-refractivity contribution in [2.45, 2.75) is 0 Å². The minimum absolute atomic E-state index is 0.913. The molecule has 0 spiro atoms. The predicted octanol–water partition coefficient (Wildman–Crippen LogP) is 13.5. The van der Waals surface area contributed by atoms with Crippen molar-refractivity contribution < 1.29 is 0 Å². The molecule has 0 aliphatic rings.